The van der Waals surface area contributed by atoms with Crippen LogP contribution in [0.3, 0.4) is 0 Å². The fraction of sp³-hybridized carbons (Fsp3) is 0.0169. The molecule has 0 saturated heterocycles. The molecule has 11 rings (SSSR count). The maximum Gasteiger partial charge on any atom is 0.534 e. The first-order valence-electron chi connectivity index (χ1n) is 22.1. The van der Waals surface area contributed by atoms with Gasteiger partial charge in [-0.05, 0) is 142 Å². The molecule has 0 spiro atoms. The van der Waals surface area contributed by atoms with Gasteiger partial charge in [0.15, 0.2) is 0 Å². The summed E-state index contributed by atoms with van der Waals surface area (Å²) in [4.78, 5) is 4.43. The van der Waals surface area contributed by atoms with Crippen LogP contribution < -0.4 is 14.0 Å². The van der Waals surface area contributed by atoms with Crippen molar-refractivity contribution in [1.29, 1.82) is 0 Å². The highest BCUT2D eigenvalue weighted by Crippen LogP contribution is 2.47. The van der Waals surface area contributed by atoms with Crippen LogP contribution in [0.15, 0.2) is 241 Å². The predicted molar refractivity (Wildman–Crippen MR) is 273 cm³/mol. The maximum absolute atomic E-state index is 13.5. The molecule has 10 aromatic carbocycles. The van der Waals surface area contributed by atoms with Crippen LogP contribution >= 0.6 is 0 Å². The minimum absolute atomic E-state index is 0.417. The Bertz CT molecular complexity index is 3750. The second-order valence-electron chi connectivity index (χ2n) is 16.5. The molecule has 0 aliphatic heterocycles. The number of para-hydroxylation sites is 4. The first-order valence-corrected chi connectivity index (χ1v) is 23.5. The van der Waals surface area contributed by atoms with Crippen molar-refractivity contribution in [1.82, 2.24) is 0 Å². The maximum atomic E-state index is 13.5. The topological polar surface area (TPSA) is 63.0 Å². The van der Waals surface area contributed by atoms with Gasteiger partial charge in [-0.1, -0.05) is 133 Å². The summed E-state index contributed by atoms with van der Waals surface area (Å²) in [7, 11) is -5.92. The Balaban J connectivity index is 1.10. The molecule has 0 unspecified atom stereocenters. The van der Waals surface area contributed by atoms with Gasteiger partial charge in [0.25, 0.3) is 0 Å². The number of rotatable bonds is 11. The van der Waals surface area contributed by atoms with Gasteiger partial charge in [-0.3, -0.25) is 0 Å². The lowest BCUT2D eigenvalue weighted by atomic mass is 9.92. The number of halogens is 3. The molecule has 6 nitrogen and oxygen atoms in total. The third kappa shape index (κ3) is 8.32. The number of benzene rings is 10. The quantitative estimate of drug-likeness (QED) is 0.0951. The molecule has 11 aromatic rings. The van der Waals surface area contributed by atoms with Crippen molar-refractivity contribution in [2.24, 2.45) is 0 Å². The molecule has 0 saturated carbocycles. The van der Waals surface area contributed by atoms with E-state index in [4.69, 9.17) is 4.42 Å². The molecule has 69 heavy (non-hydrogen) atoms. The van der Waals surface area contributed by atoms with Gasteiger partial charge in [-0.25, -0.2) is 0 Å². The normalized spacial score (nSPS) is 11.8. The highest BCUT2D eigenvalue weighted by molar-refractivity contribution is 7.88. The highest BCUT2D eigenvalue weighted by atomic mass is 32.2. The van der Waals surface area contributed by atoms with Gasteiger partial charge in [0.1, 0.15) is 16.9 Å². The van der Waals surface area contributed by atoms with Crippen LogP contribution in [0, 0.1) is 0 Å². The zero-order valence-electron chi connectivity index (χ0n) is 36.6. The summed E-state index contributed by atoms with van der Waals surface area (Å²) in [6.45, 7) is 0. The van der Waals surface area contributed by atoms with Gasteiger partial charge in [0.05, 0.1) is 5.69 Å². The van der Waals surface area contributed by atoms with Crippen molar-refractivity contribution < 1.29 is 30.2 Å². The number of fused-ring (bicyclic) bond motifs is 4. The van der Waals surface area contributed by atoms with Gasteiger partial charge in [-0.2, -0.15) is 21.6 Å². The van der Waals surface area contributed by atoms with E-state index in [1.807, 2.05) is 133 Å². The first kappa shape index (κ1) is 43.0. The monoisotopic (exact) mass is 928 g/mol. The van der Waals surface area contributed by atoms with E-state index in [1.165, 1.54) is 18.2 Å². The van der Waals surface area contributed by atoms with E-state index in [0.717, 1.165) is 77.9 Å². The van der Waals surface area contributed by atoms with Gasteiger partial charge in [-0.15, -0.1) is 0 Å². The average molecular weight is 929 g/mol. The number of nitrogens with zero attached hydrogens (tertiary/aromatic N) is 2. The molecule has 336 valence electrons. The number of alkyl halides is 3. The zero-order valence-corrected chi connectivity index (χ0v) is 37.4. The van der Waals surface area contributed by atoms with Gasteiger partial charge < -0.3 is 18.4 Å². The summed E-state index contributed by atoms with van der Waals surface area (Å²) >= 11 is 0. The van der Waals surface area contributed by atoms with Crippen molar-refractivity contribution in [2.45, 2.75) is 5.51 Å². The Morgan fingerprint density at radius 1 is 0.406 bits per heavy atom. The minimum Gasteiger partial charge on any atom is -0.456 e. The lowest BCUT2D eigenvalue weighted by Crippen LogP contribution is -2.28. The summed E-state index contributed by atoms with van der Waals surface area (Å²) in [5.41, 5.74) is 5.78. The van der Waals surface area contributed by atoms with Crippen LogP contribution in [0.4, 0.5) is 47.3 Å². The summed E-state index contributed by atoms with van der Waals surface area (Å²) in [5, 5.41) is 3.95. The van der Waals surface area contributed by atoms with Crippen LogP contribution in [-0.4, -0.2) is 13.9 Å². The summed E-state index contributed by atoms with van der Waals surface area (Å²) < 4.78 is 75.9. The molecule has 10 heteroatoms. The molecule has 0 radical (unpaired) electrons. The third-order valence-corrected chi connectivity index (χ3v) is 13.1. The second-order valence-corrected chi connectivity index (χ2v) is 18.0. The molecule has 0 atom stereocenters. The Labute approximate surface area is 396 Å². The van der Waals surface area contributed by atoms with E-state index < -0.39 is 21.4 Å². The Morgan fingerprint density at radius 3 is 1.67 bits per heavy atom. The van der Waals surface area contributed by atoms with Gasteiger partial charge in [0, 0.05) is 44.8 Å². The molecule has 1 heterocycles. The number of hydrogen-bond donors (Lipinski definition) is 0. The lowest BCUT2D eigenvalue weighted by molar-refractivity contribution is -0.0500. The predicted octanol–water partition coefficient (Wildman–Crippen LogP) is 16.9. The molecular weight excluding hydrogens is 890 g/mol. The first-order chi connectivity index (χ1) is 33.6. The number of hydrogen-bond acceptors (Lipinski definition) is 6. The summed E-state index contributed by atoms with van der Waals surface area (Å²) in [6, 6.07) is 77.2. The van der Waals surface area contributed by atoms with E-state index in [0.29, 0.717) is 22.3 Å². The highest BCUT2D eigenvalue weighted by Gasteiger charge is 2.48. The Morgan fingerprint density at radius 2 is 0.971 bits per heavy atom. The van der Waals surface area contributed by atoms with Crippen molar-refractivity contribution in [3.8, 4) is 39.1 Å². The third-order valence-electron chi connectivity index (χ3n) is 12.1. The van der Waals surface area contributed by atoms with Crippen LogP contribution in [0.1, 0.15) is 0 Å². The van der Waals surface area contributed by atoms with E-state index in [2.05, 4.69) is 92.8 Å². The van der Waals surface area contributed by atoms with E-state index in [9.17, 15) is 21.6 Å². The summed E-state index contributed by atoms with van der Waals surface area (Å²) in [5.74, 6) is -0.478. The smallest absolute Gasteiger partial charge is 0.456 e. The molecular formula is C59H39F3N2O4S. The molecule has 0 aliphatic rings. The van der Waals surface area contributed by atoms with Crippen molar-refractivity contribution >= 4 is 77.0 Å². The van der Waals surface area contributed by atoms with E-state index in [-0.39, 0.29) is 0 Å². The number of anilines is 6. The van der Waals surface area contributed by atoms with Crippen LogP contribution in [-0.2, 0) is 10.1 Å². The standard InChI is InChI=1S/C59H39F3N2O4S/c60-59(61,62)69(65,66)68-51-27-15-19-43(36-51)45-38-53(52-28-12-13-29-55(52)64(47-22-6-2-7-23-47)48-24-8-3-9-25-48)58-54-37-44(31-33-56(54)67-57(58)39-45)42-18-14-26-49(35-42)63(46-20-4-1-5-21-46)50-32-30-40-16-10-11-17-41(40)34-50/h1-39H. The SMILES string of the molecule is O=S(=O)(Oc1cccc(-c2cc(-c3ccccc3N(c3ccccc3)c3ccccc3)c3c(c2)oc2ccc(-c4cccc(N(c5ccccc5)c5ccc6ccccc6c5)c4)cc23)c1)C(F)(F)F. The molecule has 0 fully saturated rings. The second kappa shape index (κ2) is 17.6. The van der Waals surface area contributed by atoms with Crippen molar-refractivity contribution in [3.05, 3.63) is 237 Å². The minimum atomic E-state index is -5.92. The van der Waals surface area contributed by atoms with E-state index >= 15 is 0 Å². The summed E-state index contributed by atoms with van der Waals surface area (Å²) in [6.07, 6.45) is 0. The number of furan rings is 1. The largest absolute Gasteiger partial charge is 0.534 e. The molecule has 0 bridgehead atoms. The Kier molecular flexibility index (Phi) is 10.9. The average Bonchev–Trinajstić information content (AvgIpc) is 3.75. The van der Waals surface area contributed by atoms with Crippen LogP contribution in [0.5, 0.6) is 5.75 Å². The fourth-order valence-corrected chi connectivity index (χ4v) is 9.46. The molecule has 1 aromatic heterocycles. The van der Waals surface area contributed by atoms with Crippen LogP contribution in [0.2, 0.25) is 0 Å². The van der Waals surface area contributed by atoms with E-state index in [1.54, 1.807) is 6.07 Å². The van der Waals surface area contributed by atoms with Crippen LogP contribution in [0.25, 0.3) is 66.1 Å². The fourth-order valence-electron chi connectivity index (χ4n) is 9.01. The zero-order chi connectivity index (χ0) is 47.1. The van der Waals surface area contributed by atoms with Crippen molar-refractivity contribution in [3.63, 3.8) is 0 Å². The lowest BCUT2D eigenvalue weighted by Gasteiger charge is -2.28. The van der Waals surface area contributed by atoms with Gasteiger partial charge in [0.2, 0.25) is 0 Å². The Hall–Kier alpha value is -8.60. The molecule has 0 aliphatic carbocycles. The molecule has 0 amide bonds. The molecule has 0 N–H and O–H groups in total. The van der Waals surface area contributed by atoms with Gasteiger partial charge >= 0.3 is 15.6 Å². The van der Waals surface area contributed by atoms with Crippen molar-refractivity contribution in [2.75, 3.05) is 9.80 Å².